The molecule has 4 heteroatoms. The Morgan fingerprint density at radius 1 is 0.812 bits per heavy atom. The molecule has 2 aliphatic rings. The fourth-order valence-corrected chi connectivity index (χ4v) is 5.08. The summed E-state index contributed by atoms with van der Waals surface area (Å²) in [6.07, 6.45) is 19.1. The lowest BCUT2D eigenvalue weighted by atomic mass is 9.99. The number of benzene rings is 2. The van der Waals surface area contributed by atoms with Crippen molar-refractivity contribution in [2.75, 3.05) is 0 Å². The van der Waals surface area contributed by atoms with E-state index in [2.05, 4.69) is 99.4 Å². The minimum absolute atomic E-state index is 0.840. The minimum Gasteiger partial charge on any atom is -0.306 e. The average Bonchev–Trinajstić information content (AvgIpc) is 3.18. The van der Waals surface area contributed by atoms with Gasteiger partial charge in [0.2, 0.25) is 0 Å². The molecular formula is C28H22BrN3. The normalized spacial score (nSPS) is 15.9. The van der Waals surface area contributed by atoms with Crippen LogP contribution in [-0.4, -0.2) is 14.5 Å². The van der Waals surface area contributed by atoms with Crippen molar-refractivity contribution >= 4 is 48.9 Å². The highest BCUT2D eigenvalue weighted by atomic mass is 79.9. The second-order valence-electron chi connectivity index (χ2n) is 8.26. The van der Waals surface area contributed by atoms with Crippen LogP contribution < -0.4 is 0 Å². The Hall–Kier alpha value is -3.24. The van der Waals surface area contributed by atoms with Gasteiger partial charge in [0.25, 0.3) is 0 Å². The number of hydrogen-bond donors (Lipinski definition) is 0. The van der Waals surface area contributed by atoms with Gasteiger partial charge in [-0.2, -0.15) is 0 Å². The molecule has 0 aliphatic heterocycles. The Morgan fingerprint density at radius 3 is 2.34 bits per heavy atom. The summed E-state index contributed by atoms with van der Waals surface area (Å²) in [5.41, 5.74) is 6.87. The van der Waals surface area contributed by atoms with Crippen LogP contribution in [0.1, 0.15) is 37.2 Å². The van der Waals surface area contributed by atoms with Crippen LogP contribution >= 0.6 is 15.9 Å². The lowest BCUT2D eigenvalue weighted by molar-refractivity contribution is 0.961. The van der Waals surface area contributed by atoms with Crippen molar-refractivity contribution in [3.63, 3.8) is 0 Å². The van der Waals surface area contributed by atoms with Crippen molar-refractivity contribution in [1.82, 2.24) is 14.5 Å². The maximum atomic E-state index is 5.16. The van der Waals surface area contributed by atoms with E-state index >= 15 is 0 Å². The highest BCUT2D eigenvalue weighted by Gasteiger charge is 2.20. The molecule has 0 N–H and O–H groups in total. The van der Waals surface area contributed by atoms with Crippen molar-refractivity contribution in [2.45, 2.75) is 25.7 Å². The van der Waals surface area contributed by atoms with Gasteiger partial charge in [-0.1, -0.05) is 70.6 Å². The van der Waals surface area contributed by atoms with Gasteiger partial charge in [0, 0.05) is 15.2 Å². The molecule has 0 amide bonds. The minimum atomic E-state index is 0.840. The number of nitrogens with zero attached hydrogens (tertiary/aromatic N) is 3. The fourth-order valence-electron chi connectivity index (χ4n) is 4.72. The third kappa shape index (κ3) is 3.26. The van der Waals surface area contributed by atoms with E-state index in [0.717, 1.165) is 47.4 Å². The zero-order chi connectivity index (χ0) is 21.5. The SMILES string of the molecule is Brc1ccc2c(c1)c1ccccc1n2-c1cnc(C2=CC=CCC2)nc1C1=CC=CCC1. The summed E-state index contributed by atoms with van der Waals surface area (Å²) in [5, 5.41) is 2.46. The topological polar surface area (TPSA) is 30.7 Å². The third-order valence-electron chi connectivity index (χ3n) is 6.26. The standard InChI is InChI=1S/C28H22BrN3/c29-21-15-16-25-23(17-21)22-13-7-8-14-24(22)32(25)26-18-30-28(20-11-5-2-6-12-20)31-27(26)19-9-3-1-4-10-19/h1-3,5,7-9,11,13-18H,4,6,10,12H2. The molecule has 2 aromatic heterocycles. The number of aromatic nitrogens is 3. The molecule has 3 nitrogen and oxygen atoms in total. The van der Waals surface area contributed by atoms with Gasteiger partial charge in [-0.15, -0.1) is 0 Å². The Morgan fingerprint density at radius 2 is 1.56 bits per heavy atom. The predicted octanol–water partition coefficient (Wildman–Crippen LogP) is 7.80. The van der Waals surface area contributed by atoms with E-state index in [1.165, 1.54) is 33.0 Å². The van der Waals surface area contributed by atoms with E-state index in [9.17, 15) is 0 Å². The Labute approximate surface area is 195 Å². The lowest BCUT2D eigenvalue weighted by Crippen LogP contribution is -2.07. The maximum absolute atomic E-state index is 5.16. The smallest absolute Gasteiger partial charge is 0.155 e. The van der Waals surface area contributed by atoms with Crippen molar-refractivity contribution in [1.29, 1.82) is 0 Å². The maximum Gasteiger partial charge on any atom is 0.155 e. The molecule has 0 atom stereocenters. The van der Waals surface area contributed by atoms with Crippen LogP contribution in [0.2, 0.25) is 0 Å². The summed E-state index contributed by atoms with van der Waals surface area (Å²) < 4.78 is 3.40. The van der Waals surface area contributed by atoms with Crippen molar-refractivity contribution in [2.24, 2.45) is 0 Å². The van der Waals surface area contributed by atoms with Crippen LogP contribution in [0.5, 0.6) is 0 Å². The molecule has 4 aromatic rings. The second kappa shape index (κ2) is 8.03. The van der Waals surface area contributed by atoms with Crippen molar-refractivity contribution < 1.29 is 0 Å². The number of halogens is 1. The first-order chi connectivity index (χ1) is 15.8. The van der Waals surface area contributed by atoms with Crippen LogP contribution in [0.25, 0.3) is 38.6 Å². The Bertz CT molecular complexity index is 1480. The molecule has 0 radical (unpaired) electrons. The van der Waals surface area contributed by atoms with E-state index in [1.54, 1.807) is 0 Å². The van der Waals surface area contributed by atoms with E-state index in [4.69, 9.17) is 9.97 Å². The first-order valence-electron chi connectivity index (χ1n) is 11.1. The van der Waals surface area contributed by atoms with Crippen LogP contribution in [-0.2, 0) is 0 Å². The third-order valence-corrected chi connectivity index (χ3v) is 6.76. The van der Waals surface area contributed by atoms with Crippen LogP contribution in [0.15, 0.2) is 89.6 Å². The highest BCUT2D eigenvalue weighted by molar-refractivity contribution is 9.10. The zero-order valence-electron chi connectivity index (χ0n) is 17.6. The van der Waals surface area contributed by atoms with Crippen LogP contribution in [0.3, 0.4) is 0 Å². The molecule has 0 fully saturated rings. The Balaban J connectivity index is 1.66. The summed E-state index contributed by atoms with van der Waals surface area (Å²) in [6.45, 7) is 0. The Kier molecular flexibility index (Phi) is 4.88. The number of allylic oxidation sites excluding steroid dienone is 8. The molecule has 0 unspecified atom stereocenters. The lowest BCUT2D eigenvalue weighted by Gasteiger charge is -2.18. The number of hydrogen-bond acceptors (Lipinski definition) is 2. The monoisotopic (exact) mass is 479 g/mol. The molecule has 156 valence electrons. The van der Waals surface area contributed by atoms with Gasteiger partial charge < -0.3 is 4.57 Å². The fraction of sp³-hybridized carbons (Fsp3) is 0.143. The first-order valence-corrected chi connectivity index (χ1v) is 11.9. The zero-order valence-corrected chi connectivity index (χ0v) is 19.2. The van der Waals surface area contributed by atoms with Crippen LogP contribution in [0, 0.1) is 0 Å². The predicted molar refractivity (Wildman–Crippen MR) is 137 cm³/mol. The highest BCUT2D eigenvalue weighted by Crippen LogP contribution is 2.37. The molecule has 2 heterocycles. The molecule has 2 aromatic carbocycles. The molecule has 2 aliphatic carbocycles. The largest absolute Gasteiger partial charge is 0.306 e. The summed E-state index contributed by atoms with van der Waals surface area (Å²) in [4.78, 5) is 10.0. The van der Waals surface area contributed by atoms with Gasteiger partial charge in [0.1, 0.15) is 0 Å². The summed E-state index contributed by atoms with van der Waals surface area (Å²) >= 11 is 3.65. The second-order valence-corrected chi connectivity index (χ2v) is 9.17. The van der Waals surface area contributed by atoms with E-state index < -0.39 is 0 Å². The van der Waals surface area contributed by atoms with Crippen LogP contribution in [0.4, 0.5) is 0 Å². The molecule has 6 rings (SSSR count). The summed E-state index contributed by atoms with van der Waals surface area (Å²) in [6, 6.07) is 15.1. The average molecular weight is 480 g/mol. The van der Waals surface area contributed by atoms with Gasteiger partial charge >= 0.3 is 0 Å². The molecule has 0 spiro atoms. The van der Waals surface area contributed by atoms with E-state index in [1.807, 2.05) is 6.20 Å². The summed E-state index contributed by atoms with van der Waals surface area (Å²) in [5.74, 6) is 0.840. The van der Waals surface area contributed by atoms with Crippen molar-refractivity contribution in [3.05, 3.63) is 101 Å². The number of rotatable bonds is 3. The number of para-hydroxylation sites is 1. The van der Waals surface area contributed by atoms with Gasteiger partial charge in [-0.05, 0) is 61.1 Å². The molecule has 0 saturated heterocycles. The first kappa shape index (κ1) is 19.4. The quantitative estimate of drug-likeness (QED) is 0.300. The molecule has 32 heavy (non-hydrogen) atoms. The number of fused-ring (bicyclic) bond motifs is 3. The molecule has 0 saturated carbocycles. The van der Waals surface area contributed by atoms with Gasteiger partial charge in [0.15, 0.2) is 5.82 Å². The molecule has 0 bridgehead atoms. The van der Waals surface area contributed by atoms with E-state index in [-0.39, 0.29) is 0 Å². The molecular weight excluding hydrogens is 458 g/mol. The van der Waals surface area contributed by atoms with E-state index in [0.29, 0.717) is 0 Å². The van der Waals surface area contributed by atoms with Gasteiger partial charge in [-0.25, -0.2) is 9.97 Å². The van der Waals surface area contributed by atoms with Gasteiger partial charge in [-0.3, -0.25) is 0 Å². The van der Waals surface area contributed by atoms with Gasteiger partial charge in [0.05, 0.1) is 28.6 Å². The summed E-state index contributed by atoms with van der Waals surface area (Å²) in [7, 11) is 0. The van der Waals surface area contributed by atoms with Crippen molar-refractivity contribution in [3.8, 4) is 5.69 Å².